The minimum Gasteiger partial charge on any atom is -0.496 e. The second-order valence-corrected chi connectivity index (χ2v) is 13.6. The van der Waals surface area contributed by atoms with E-state index in [2.05, 4.69) is 0 Å². The molecule has 0 saturated heterocycles. The van der Waals surface area contributed by atoms with Crippen LogP contribution in [0.25, 0.3) is 44.5 Å². The third kappa shape index (κ3) is 6.37. The first-order valence-electron chi connectivity index (χ1n) is 14.5. The molecule has 4 nitrogen and oxygen atoms in total. The van der Waals surface area contributed by atoms with E-state index in [0.717, 1.165) is 36.4 Å². The smallest absolute Gasteiger partial charge is 0.208 e. The molecular formula is C38H24Cl2F4O4S. The zero-order valence-corrected chi connectivity index (χ0v) is 28.0. The van der Waals surface area contributed by atoms with Crippen molar-refractivity contribution in [1.29, 1.82) is 0 Å². The van der Waals surface area contributed by atoms with Gasteiger partial charge in [0, 0.05) is 43.4 Å². The summed E-state index contributed by atoms with van der Waals surface area (Å²) >= 11 is 12.5. The SMILES string of the molecule is COc1ccc(F)cc1-c1ccc(S(=O)(=O)c2ccc(-c3cc(F)ccc3OC)c(F)c2-c2cccc(Cl)c2)c(-c2cccc(Cl)c2)c1F. The lowest BCUT2D eigenvalue weighted by Crippen LogP contribution is -2.10. The number of halogens is 6. The van der Waals surface area contributed by atoms with Crippen molar-refractivity contribution in [1.82, 2.24) is 0 Å². The van der Waals surface area contributed by atoms with Gasteiger partial charge in [0.2, 0.25) is 9.84 Å². The van der Waals surface area contributed by atoms with Gasteiger partial charge in [-0.25, -0.2) is 26.0 Å². The Morgan fingerprint density at radius 1 is 0.510 bits per heavy atom. The molecule has 6 aromatic carbocycles. The van der Waals surface area contributed by atoms with Crippen LogP contribution in [0, 0.1) is 23.3 Å². The molecule has 0 amide bonds. The molecule has 0 fully saturated rings. The van der Waals surface area contributed by atoms with Crippen molar-refractivity contribution >= 4 is 33.0 Å². The van der Waals surface area contributed by atoms with Gasteiger partial charge in [-0.3, -0.25) is 0 Å². The lowest BCUT2D eigenvalue weighted by molar-refractivity contribution is 0.415. The lowest BCUT2D eigenvalue weighted by Gasteiger charge is -2.20. The fourth-order valence-electron chi connectivity index (χ4n) is 5.71. The van der Waals surface area contributed by atoms with Crippen LogP contribution < -0.4 is 9.47 Å². The Morgan fingerprint density at radius 2 is 0.918 bits per heavy atom. The largest absolute Gasteiger partial charge is 0.496 e. The summed E-state index contributed by atoms with van der Waals surface area (Å²) < 4.78 is 103. The van der Waals surface area contributed by atoms with E-state index >= 15 is 8.78 Å². The summed E-state index contributed by atoms with van der Waals surface area (Å²) in [6.07, 6.45) is 0. The Hall–Kier alpha value is -4.83. The molecule has 0 atom stereocenters. The van der Waals surface area contributed by atoms with Crippen LogP contribution >= 0.6 is 23.2 Å². The van der Waals surface area contributed by atoms with Gasteiger partial charge in [0.05, 0.1) is 24.0 Å². The lowest BCUT2D eigenvalue weighted by atomic mass is 9.97. The van der Waals surface area contributed by atoms with Crippen molar-refractivity contribution < 1.29 is 35.5 Å². The number of methoxy groups -OCH3 is 2. The maximum absolute atomic E-state index is 16.9. The minimum atomic E-state index is -4.79. The van der Waals surface area contributed by atoms with Crippen LogP contribution in [0.5, 0.6) is 11.5 Å². The first-order chi connectivity index (χ1) is 23.4. The Balaban J connectivity index is 1.68. The number of hydrogen-bond donors (Lipinski definition) is 0. The highest BCUT2D eigenvalue weighted by Crippen LogP contribution is 2.45. The van der Waals surface area contributed by atoms with Crippen LogP contribution in [0.15, 0.2) is 119 Å². The number of benzene rings is 6. The second kappa shape index (κ2) is 13.6. The molecule has 0 N–H and O–H groups in total. The van der Waals surface area contributed by atoms with E-state index in [-0.39, 0.29) is 66.1 Å². The fraction of sp³-hybridized carbons (Fsp3) is 0.0526. The van der Waals surface area contributed by atoms with Crippen LogP contribution in [-0.2, 0) is 9.84 Å². The zero-order valence-electron chi connectivity index (χ0n) is 25.7. The molecule has 0 spiro atoms. The van der Waals surface area contributed by atoms with Gasteiger partial charge in [0.15, 0.2) is 0 Å². The number of sulfone groups is 1. The highest BCUT2D eigenvalue weighted by atomic mass is 35.5. The molecule has 0 aliphatic heterocycles. The van der Waals surface area contributed by atoms with E-state index in [1.54, 1.807) is 0 Å². The predicted octanol–water partition coefficient (Wildman–Crippen LogP) is 11.1. The molecule has 0 saturated carbocycles. The molecule has 0 bridgehead atoms. The van der Waals surface area contributed by atoms with E-state index < -0.39 is 42.9 Å². The molecule has 11 heteroatoms. The molecule has 49 heavy (non-hydrogen) atoms. The van der Waals surface area contributed by atoms with Gasteiger partial charge in [0.25, 0.3) is 0 Å². The van der Waals surface area contributed by atoms with Crippen molar-refractivity contribution in [3.05, 3.63) is 143 Å². The third-order valence-electron chi connectivity index (χ3n) is 7.92. The van der Waals surface area contributed by atoms with Gasteiger partial charge in [-0.15, -0.1) is 0 Å². The molecule has 0 aliphatic rings. The molecule has 0 aromatic heterocycles. The molecule has 6 aromatic rings. The average molecular weight is 724 g/mol. The van der Waals surface area contributed by atoms with Crippen LogP contribution in [0.4, 0.5) is 17.6 Å². The maximum atomic E-state index is 16.9. The summed E-state index contributed by atoms with van der Waals surface area (Å²) in [5.41, 5.74) is -0.838. The van der Waals surface area contributed by atoms with Crippen molar-refractivity contribution in [2.45, 2.75) is 9.79 Å². The molecule has 0 radical (unpaired) electrons. The summed E-state index contributed by atoms with van der Waals surface area (Å²) in [5, 5.41) is 0.376. The van der Waals surface area contributed by atoms with Crippen LogP contribution in [0.2, 0.25) is 10.0 Å². The van der Waals surface area contributed by atoms with Crippen LogP contribution in [-0.4, -0.2) is 22.6 Å². The summed E-state index contributed by atoms with van der Waals surface area (Å²) in [7, 11) is -2.12. The number of rotatable bonds is 8. The Bertz CT molecular complexity index is 2210. The second-order valence-electron chi connectivity index (χ2n) is 10.8. The molecular weight excluding hydrogens is 699 g/mol. The summed E-state index contributed by atoms with van der Waals surface area (Å²) in [5.74, 6) is -3.10. The highest BCUT2D eigenvalue weighted by molar-refractivity contribution is 7.91. The van der Waals surface area contributed by atoms with E-state index in [0.29, 0.717) is 0 Å². The molecule has 0 aliphatic carbocycles. The Morgan fingerprint density at radius 3 is 1.29 bits per heavy atom. The summed E-state index contributed by atoms with van der Waals surface area (Å²) in [6, 6.07) is 23.6. The van der Waals surface area contributed by atoms with Crippen molar-refractivity contribution in [3.8, 4) is 56.0 Å². The Labute approximate surface area is 290 Å². The van der Waals surface area contributed by atoms with E-state index in [9.17, 15) is 17.2 Å². The predicted molar refractivity (Wildman–Crippen MR) is 183 cm³/mol. The standard InChI is InChI=1S/C38H24Cl2F4O4S/c1-47-31-13-9-25(41)19-29(31)27-11-15-33(35(37(27)43)21-5-3-7-23(39)17-21)49(45,46)34-16-12-28(30-20-26(42)10-14-32(30)48-2)38(44)36(34)22-6-4-8-24(40)18-22/h3-20H,1-2H3. The normalized spacial score (nSPS) is 11.4. The van der Waals surface area contributed by atoms with E-state index in [4.69, 9.17) is 32.7 Å². The minimum absolute atomic E-state index is 0.0336. The first-order valence-corrected chi connectivity index (χ1v) is 16.8. The number of ether oxygens (including phenoxy) is 2. The van der Waals surface area contributed by atoms with Gasteiger partial charge < -0.3 is 9.47 Å². The third-order valence-corrected chi connectivity index (χ3v) is 10.2. The van der Waals surface area contributed by atoms with Gasteiger partial charge in [0.1, 0.15) is 34.8 Å². The van der Waals surface area contributed by atoms with E-state index in [1.807, 2.05) is 0 Å². The molecule has 0 heterocycles. The quantitative estimate of drug-likeness (QED) is 0.147. The van der Waals surface area contributed by atoms with E-state index in [1.165, 1.54) is 87.0 Å². The summed E-state index contributed by atoms with van der Waals surface area (Å²) in [4.78, 5) is -1.05. The van der Waals surface area contributed by atoms with Crippen molar-refractivity contribution in [2.24, 2.45) is 0 Å². The molecule has 0 unspecified atom stereocenters. The van der Waals surface area contributed by atoms with Gasteiger partial charge in [-0.05, 0) is 96.1 Å². The molecule has 248 valence electrons. The number of hydrogen-bond acceptors (Lipinski definition) is 4. The van der Waals surface area contributed by atoms with Crippen molar-refractivity contribution in [2.75, 3.05) is 14.2 Å². The molecule has 6 rings (SSSR count). The van der Waals surface area contributed by atoms with Gasteiger partial charge in [-0.2, -0.15) is 0 Å². The zero-order chi connectivity index (χ0) is 35.0. The Kier molecular flexibility index (Phi) is 9.44. The highest BCUT2D eigenvalue weighted by Gasteiger charge is 2.32. The maximum Gasteiger partial charge on any atom is 0.208 e. The van der Waals surface area contributed by atoms with Crippen LogP contribution in [0.3, 0.4) is 0 Å². The summed E-state index contributed by atoms with van der Waals surface area (Å²) in [6.45, 7) is 0. The van der Waals surface area contributed by atoms with Gasteiger partial charge in [-0.1, -0.05) is 47.5 Å². The first kappa shape index (κ1) is 34.0. The van der Waals surface area contributed by atoms with Gasteiger partial charge >= 0.3 is 0 Å². The fourth-order valence-corrected chi connectivity index (χ4v) is 7.77. The monoisotopic (exact) mass is 722 g/mol. The van der Waals surface area contributed by atoms with Crippen LogP contribution in [0.1, 0.15) is 0 Å². The average Bonchev–Trinajstić information content (AvgIpc) is 3.07. The van der Waals surface area contributed by atoms with Crippen molar-refractivity contribution in [3.63, 3.8) is 0 Å². The topological polar surface area (TPSA) is 52.6 Å².